The normalized spacial score (nSPS) is 26.7. The maximum atomic E-state index is 13.0. The number of piperidine rings is 1. The quantitative estimate of drug-likeness (QED) is 0.777. The summed E-state index contributed by atoms with van der Waals surface area (Å²) in [6.07, 6.45) is 7.73. The van der Waals surface area contributed by atoms with Crippen LogP contribution in [-0.2, 0) is 9.59 Å². The number of hydrogen-bond donors (Lipinski definition) is 0. The van der Waals surface area contributed by atoms with Gasteiger partial charge < -0.3 is 4.90 Å². The van der Waals surface area contributed by atoms with Gasteiger partial charge in [0.05, 0.1) is 5.69 Å². The first kappa shape index (κ1) is 16.3. The third-order valence-corrected chi connectivity index (χ3v) is 5.93. The molecule has 3 fully saturated rings. The molecule has 0 radical (unpaired) electrons. The van der Waals surface area contributed by atoms with Gasteiger partial charge >= 0.3 is 0 Å². The minimum atomic E-state index is -0.162. The van der Waals surface area contributed by atoms with E-state index in [1.807, 2.05) is 0 Å². The first-order valence-electron chi connectivity index (χ1n) is 9.42. The number of fused-ring (bicyclic) bond motifs is 1. The Kier molecular flexibility index (Phi) is 4.32. The van der Waals surface area contributed by atoms with Crippen molar-refractivity contribution in [3.8, 4) is 0 Å². The lowest BCUT2D eigenvalue weighted by Gasteiger charge is -2.44. The van der Waals surface area contributed by atoms with Crippen molar-refractivity contribution >= 4 is 23.4 Å². The van der Waals surface area contributed by atoms with Crippen molar-refractivity contribution in [1.82, 2.24) is 4.90 Å². The highest BCUT2D eigenvalue weighted by atomic mass is 16.2. The number of imide groups is 1. The molecule has 0 bridgehead atoms. The number of carbonyl (C=O) groups excluding carboxylic acids is 3. The Balaban J connectivity index is 1.52. The van der Waals surface area contributed by atoms with E-state index in [-0.39, 0.29) is 30.6 Å². The van der Waals surface area contributed by atoms with Crippen molar-refractivity contribution in [2.75, 3.05) is 11.4 Å². The van der Waals surface area contributed by atoms with Crippen LogP contribution in [0, 0.1) is 5.92 Å². The van der Waals surface area contributed by atoms with Crippen molar-refractivity contribution < 1.29 is 14.4 Å². The summed E-state index contributed by atoms with van der Waals surface area (Å²) < 4.78 is 0. The molecule has 1 aliphatic carbocycles. The van der Waals surface area contributed by atoms with Gasteiger partial charge in [-0.1, -0.05) is 12.8 Å². The SMILES string of the molecule is O=C1CCC(=O)N1c1ccc(C(=O)N2CCC[C@@H]3CCCC[C@@H]32)cc1. The Morgan fingerprint density at radius 1 is 0.880 bits per heavy atom. The zero-order valence-electron chi connectivity index (χ0n) is 14.4. The summed E-state index contributed by atoms with van der Waals surface area (Å²) in [6, 6.07) is 7.33. The van der Waals surface area contributed by atoms with Crippen LogP contribution in [0.15, 0.2) is 24.3 Å². The average Bonchev–Trinajstić information content (AvgIpc) is 2.99. The molecule has 2 heterocycles. The van der Waals surface area contributed by atoms with Crippen molar-refractivity contribution in [3.05, 3.63) is 29.8 Å². The molecule has 0 N–H and O–H groups in total. The van der Waals surface area contributed by atoms with Crippen LogP contribution >= 0.6 is 0 Å². The number of nitrogens with zero attached hydrogens (tertiary/aromatic N) is 2. The number of benzene rings is 1. The number of anilines is 1. The molecule has 2 aliphatic heterocycles. The van der Waals surface area contributed by atoms with E-state index in [0.717, 1.165) is 19.4 Å². The van der Waals surface area contributed by atoms with E-state index in [9.17, 15) is 14.4 Å². The molecule has 1 saturated carbocycles. The van der Waals surface area contributed by atoms with Crippen molar-refractivity contribution in [2.24, 2.45) is 5.92 Å². The van der Waals surface area contributed by atoms with Gasteiger partial charge in [-0.25, -0.2) is 0 Å². The van der Waals surface area contributed by atoms with Crippen molar-refractivity contribution in [3.63, 3.8) is 0 Å². The number of likely N-dealkylation sites (tertiary alicyclic amines) is 1. The van der Waals surface area contributed by atoms with Gasteiger partial charge in [0.25, 0.3) is 5.91 Å². The highest BCUT2D eigenvalue weighted by Gasteiger charge is 2.36. The van der Waals surface area contributed by atoms with Gasteiger partial charge in [0.2, 0.25) is 11.8 Å². The van der Waals surface area contributed by atoms with E-state index in [1.54, 1.807) is 24.3 Å². The summed E-state index contributed by atoms with van der Waals surface area (Å²) in [6.45, 7) is 0.838. The minimum absolute atomic E-state index is 0.0854. The Hall–Kier alpha value is -2.17. The van der Waals surface area contributed by atoms with Crippen molar-refractivity contribution in [2.45, 2.75) is 57.4 Å². The molecule has 5 nitrogen and oxygen atoms in total. The van der Waals surface area contributed by atoms with E-state index < -0.39 is 0 Å². The summed E-state index contributed by atoms with van der Waals surface area (Å²) in [5.41, 5.74) is 1.22. The lowest BCUT2D eigenvalue weighted by molar-refractivity contribution is -0.121. The molecule has 0 spiro atoms. The fourth-order valence-corrected chi connectivity index (χ4v) is 4.66. The van der Waals surface area contributed by atoms with Gasteiger partial charge in [-0.3, -0.25) is 19.3 Å². The summed E-state index contributed by atoms with van der Waals surface area (Å²) in [4.78, 5) is 40.0. The third-order valence-electron chi connectivity index (χ3n) is 5.93. The van der Waals surface area contributed by atoms with Gasteiger partial charge in [-0.15, -0.1) is 0 Å². The highest BCUT2D eigenvalue weighted by molar-refractivity contribution is 6.19. The molecule has 1 aromatic carbocycles. The molecule has 4 rings (SSSR count). The summed E-state index contributed by atoms with van der Waals surface area (Å²) in [7, 11) is 0. The summed E-state index contributed by atoms with van der Waals surface area (Å²) in [5, 5.41) is 0. The number of hydrogen-bond acceptors (Lipinski definition) is 3. The molecule has 5 heteroatoms. The molecule has 1 aromatic rings. The Morgan fingerprint density at radius 3 is 2.24 bits per heavy atom. The van der Waals surface area contributed by atoms with Crippen LogP contribution in [-0.4, -0.2) is 35.2 Å². The first-order chi connectivity index (χ1) is 12.1. The second-order valence-corrected chi connectivity index (χ2v) is 7.42. The van der Waals surface area contributed by atoms with Gasteiger partial charge in [0.1, 0.15) is 0 Å². The third kappa shape index (κ3) is 2.96. The lowest BCUT2D eigenvalue weighted by atomic mass is 9.78. The van der Waals surface area contributed by atoms with Crippen LogP contribution in [0.5, 0.6) is 0 Å². The smallest absolute Gasteiger partial charge is 0.254 e. The van der Waals surface area contributed by atoms with Gasteiger partial charge in [-0.05, 0) is 55.9 Å². The maximum Gasteiger partial charge on any atom is 0.254 e. The van der Waals surface area contributed by atoms with Crippen LogP contribution in [0.1, 0.15) is 61.7 Å². The van der Waals surface area contributed by atoms with Crippen molar-refractivity contribution in [1.29, 1.82) is 0 Å². The van der Waals surface area contributed by atoms with Gasteiger partial charge in [0, 0.05) is 31.0 Å². The highest BCUT2D eigenvalue weighted by Crippen LogP contribution is 2.36. The van der Waals surface area contributed by atoms with E-state index in [1.165, 1.54) is 30.6 Å². The molecule has 25 heavy (non-hydrogen) atoms. The Morgan fingerprint density at radius 2 is 1.52 bits per heavy atom. The van der Waals surface area contributed by atoms with Crippen LogP contribution in [0.3, 0.4) is 0 Å². The molecule has 3 aliphatic rings. The first-order valence-corrected chi connectivity index (χ1v) is 9.42. The van der Waals surface area contributed by atoms with Gasteiger partial charge in [0.15, 0.2) is 0 Å². The predicted octanol–water partition coefficient (Wildman–Crippen LogP) is 3.13. The fraction of sp³-hybridized carbons (Fsp3) is 0.550. The largest absolute Gasteiger partial charge is 0.335 e. The number of amides is 3. The second kappa shape index (κ2) is 6.62. The van der Waals surface area contributed by atoms with E-state index in [2.05, 4.69) is 4.90 Å². The van der Waals surface area contributed by atoms with E-state index in [0.29, 0.717) is 23.2 Å². The second-order valence-electron chi connectivity index (χ2n) is 7.42. The predicted molar refractivity (Wildman–Crippen MR) is 94.2 cm³/mol. The standard InChI is InChI=1S/C20H24N2O3/c23-18-11-12-19(24)22(18)16-9-7-15(8-10-16)20(25)21-13-3-5-14-4-1-2-6-17(14)21/h7-10,14,17H,1-6,11-13H2/t14-,17-/m0/s1. The molecule has 0 aromatic heterocycles. The van der Waals surface area contributed by atoms with Crippen LogP contribution in [0.4, 0.5) is 5.69 Å². The monoisotopic (exact) mass is 340 g/mol. The molecular weight excluding hydrogens is 316 g/mol. The van der Waals surface area contributed by atoms with Crippen LogP contribution < -0.4 is 4.90 Å². The average molecular weight is 340 g/mol. The number of carbonyl (C=O) groups is 3. The Labute approximate surface area is 148 Å². The summed E-state index contributed by atoms with van der Waals surface area (Å²) in [5.74, 6) is 0.420. The van der Waals surface area contributed by atoms with E-state index in [4.69, 9.17) is 0 Å². The minimum Gasteiger partial charge on any atom is -0.335 e. The molecule has 2 atom stereocenters. The zero-order valence-corrected chi connectivity index (χ0v) is 14.4. The number of rotatable bonds is 2. The maximum absolute atomic E-state index is 13.0. The van der Waals surface area contributed by atoms with Crippen LogP contribution in [0.25, 0.3) is 0 Å². The molecule has 0 unspecified atom stereocenters. The molecule has 3 amide bonds. The summed E-state index contributed by atoms with van der Waals surface area (Å²) >= 11 is 0. The molecular formula is C20H24N2O3. The topological polar surface area (TPSA) is 57.7 Å². The van der Waals surface area contributed by atoms with Crippen LogP contribution in [0.2, 0.25) is 0 Å². The molecule has 132 valence electrons. The van der Waals surface area contributed by atoms with E-state index >= 15 is 0 Å². The zero-order chi connectivity index (χ0) is 17.4. The fourth-order valence-electron chi connectivity index (χ4n) is 4.66. The Bertz CT molecular complexity index is 679. The van der Waals surface area contributed by atoms with Gasteiger partial charge in [-0.2, -0.15) is 0 Å². The lowest BCUT2D eigenvalue weighted by Crippen LogP contribution is -2.49. The molecule has 2 saturated heterocycles.